The summed E-state index contributed by atoms with van der Waals surface area (Å²) < 4.78 is 5.45. The third-order valence-corrected chi connectivity index (χ3v) is 3.99. The molecule has 1 N–H and O–H groups in total. The molecule has 0 aromatic heterocycles. The first kappa shape index (κ1) is 17.6. The Morgan fingerprint density at radius 2 is 2.20 bits per heavy atom. The Kier molecular flexibility index (Phi) is 7.17. The highest BCUT2D eigenvalue weighted by Gasteiger charge is 2.27. The van der Waals surface area contributed by atoms with Crippen molar-refractivity contribution in [3.8, 4) is 0 Å². The third-order valence-electron chi connectivity index (χ3n) is 3.35. The van der Waals surface area contributed by atoms with E-state index < -0.39 is 5.60 Å². The lowest BCUT2D eigenvalue weighted by molar-refractivity contribution is 0.0184. The summed E-state index contributed by atoms with van der Waals surface area (Å²) in [5.41, 5.74) is -0.414. The van der Waals surface area contributed by atoms with E-state index in [0.29, 0.717) is 12.1 Å². The van der Waals surface area contributed by atoms with E-state index in [1.807, 2.05) is 37.4 Å². The van der Waals surface area contributed by atoms with Gasteiger partial charge in [-0.05, 0) is 59.0 Å². The molecule has 1 aliphatic heterocycles. The van der Waals surface area contributed by atoms with Crippen molar-refractivity contribution in [3.05, 3.63) is 0 Å². The number of hydrogen-bond acceptors (Lipinski definition) is 4. The molecule has 1 rings (SSSR count). The second-order valence-electron chi connectivity index (χ2n) is 6.61. The molecule has 4 nitrogen and oxygen atoms in total. The van der Waals surface area contributed by atoms with Crippen molar-refractivity contribution < 1.29 is 9.53 Å². The van der Waals surface area contributed by atoms with Crippen LogP contribution in [-0.4, -0.2) is 53.8 Å². The molecule has 1 aliphatic rings. The largest absolute Gasteiger partial charge is 0.444 e. The van der Waals surface area contributed by atoms with Crippen LogP contribution in [0, 0.1) is 0 Å². The molecule has 1 saturated heterocycles. The van der Waals surface area contributed by atoms with Crippen molar-refractivity contribution in [1.82, 2.24) is 10.2 Å². The summed E-state index contributed by atoms with van der Waals surface area (Å²) in [6, 6.07) is 0.902. The Bertz CT molecular complexity index is 305. The van der Waals surface area contributed by atoms with Gasteiger partial charge in [-0.25, -0.2) is 4.79 Å². The number of nitrogens with one attached hydrogen (secondary N) is 1. The number of likely N-dealkylation sites (tertiary alicyclic amines) is 1. The lowest BCUT2D eigenvalue weighted by Crippen LogP contribution is -2.51. The van der Waals surface area contributed by atoms with Gasteiger partial charge in [0.15, 0.2) is 0 Å². The Labute approximate surface area is 128 Å². The molecular weight excluding hydrogens is 272 g/mol. The normalized spacial score (nSPS) is 21.6. The quantitative estimate of drug-likeness (QED) is 0.847. The number of carbonyl (C=O) groups excluding carboxylic acids is 1. The van der Waals surface area contributed by atoms with Gasteiger partial charge in [-0.1, -0.05) is 0 Å². The van der Waals surface area contributed by atoms with Crippen LogP contribution in [0.4, 0.5) is 4.79 Å². The second kappa shape index (κ2) is 8.13. The number of piperidine rings is 1. The predicted molar refractivity (Wildman–Crippen MR) is 86.4 cm³/mol. The fourth-order valence-corrected chi connectivity index (χ4v) is 2.98. The van der Waals surface area contributed by atoms with Crippen LogP contribution < -0.4 is 5.32 Å². The van der Waals surface area contributed by atoms with Crippen molar-refractivity contribution in [1.29, 1.82) is 0 Å². The van der Waals surface area contributed by atoms with Gasteiger partial charge in [-0.2, -0.15) is 11.8 Å². The van der Waals surface area contributed by atoms with Gasteiger partial charge in [0.2, 0.25) is 0 Å². The van der Waals surface area contributed by atoms with Crippen molar-refractivity contribution in [2.24, 2.45) is 0 Å². The second-order valence-corrected chi connectivity index (χ2v) is 7.60. The average molecular weight is 302 g/mol. The molecule has 0 aromatic rings. The van der Waals surface area contributed by atoms with E-state index in [2.05, 4.69) is 18.5 Å². The summed E-state index contributed by atoms with van der Waals surface area (Å²) >= 11 is 1.88. The van der Waals surface area contributed by atoms with Crippen LogP contribution in [0.25, 0.3) is 0 Å². The minimum Gasteiger partial charge on any atom is -0.444 e. The van der Waals surface area contributed by atoms with Crippen LogP contribution in [-0.2, 0) is 4.74 Å². The zero-order valence-corrected chi connectivity index (χ0v) is 14.4. The summed E-state index contributed by atoms with van der Waals surface area (Å²) in [6.45, 7) is 9.53. The predicted octanol–water partition coefficient (Wildman–Crippen LogP) is 3.12. The molecule has 2 atom stereocenters. The Balaban J connectivity index is 2.40. The molecule has 1 fully saturated rings. The van der Waals surface area contributed by atoms with Crippen molar-refractivity contribution in [2.45, 2.75) is 64.6 Å². The molecule has 2 unspecified atom stereocenters. The highest BCUT2D eigenvalue weighted by Crippen LogP contribution is 2.16. The average Bonchev–Trinajstić information content (AvgIpc) is 2.34. The van der Waals surface area contributed by atoms with Crippen LogP contribution >= 0.6 is 11.8 Å². The highest BCUT2D eigenvalue weighted by atomic mass is 32.2. The van der Waals surface area contributed by atoms with Crippen LogP contribution in [0.5, 0.6) is 0 Å². The number of carbonyl (C=O) groups is 1. The molecule has 20 heavy (non-hydrogen) atoms. The fraction of sp³-hybridized carbons (Fsp3) is 0.933. The first-order valence-electron chi connectivity index (χ1n) is 7.54. The summed E-state index contributed by atoms with van der Waals surface area (Å²) in [7, 11) is 0. The van der Waals surface area contributed by atoms with E-state index in [4.69, 9.17) is 4.74 Å². The maximum Gasteiger partial charge on any atom is 0.410 e. The minimum absolute atomic E-state index is 0.180. The Hall–Kier alpha value is -0.420. The molecule has 0 spiro atoms. The van der Waals surface area contributed by atoms with Crippen LogP contribution in [0.2, 0.25) is 0 Å². The number of amides is 1. The number of nitrogens with zero attached hydrogens (tertiary/aromatic N) is 1. The van der Waals surface area contributed by atoms with Crippen molar-refractivity contribution in [3.63, 3.8) is 0 Å². The zero-order chi connectivity index (χ0) is 15.2. The molecule has 0 radical (unpaired) electrons. The summed E-state index contributed by atoms with van der Waals surface area (Å²) in [5.74, 6) is 1.18. The SMILES string of the molecule is CSCCC(C)NC1CCCN(C(=O)OC(C)(C)C)C1. The van der Waals surface area contributed by atoms with Crippen LogP contribution in [0.1, 0.15) is 47.0 Å². The Morgan fingerprint density at radius 3 is 2.80 bits per heavy atom. The number of thioether (sulfide) groups is 1. The van der Waals surface area contributed by atoms with Crippen LogP contribution in [0.15, 0.2) is 0 Å². The molecule has 5 heteroatoms. The molecule has 1 amide bonds. The standard InChI is InChI=1S/C15H30N2O2S/c1-12(8-10-20-5)16-13-7-6-9-17(11-13)14(18)19-15(2,3)4/h12-13,16H,6-11H2,1-5H3. The van der Waals surface area contributed by atoms with Gasteiger partial charge in [-0.3, -0.25) is 0 Å². The first-order valence-corrected chi connectivity index (χ1v) is 8.94. The van der Waals surface area contributed by atoms with E-state index in [9.17, 15) is 4.79 Å². The van der Waals surface area contributed by atoms with Gasteiger partial charge in [0.05, 0.1) is 0 Å². The van der Waals surface area contributed by atoms with Gasteiger partial charge >= 0.3 is 6.09 Å². The van der Waals surface area contributed by atoms with Crippen molar-refractivity contribution >= 4 is 17.9 Å². The van der Waals surface area contributed by atoms with E-state index in [1.165, 1.54) is 12.2 Å². The minimum atomic E-state index is -0.414. The van der Waals surface area contributed by atoms with Gasteiger partial charge in [-0.15, -0.1) is 0 Å². The van der Waals surface area contributed by atoms with E-state index in [1.54, 1.807) is 0 Å². The molecule has 0 saturated carbocycles. The smallest absolute Gasteiger partial charge is 0.410 e. The van der Waals surface area contributed by atoms with Gasteiger partial charge in [0, 0.05) is 25.2 Å². The van der Waals surface area contributed by atoms with Gasteiger partial charge in [0.1, 0.15) is 5.60 Å². The van der Waals surface area contributed by atoms with E-state index in [0.717, 1.165) is 25.9 Å². The van der Waals surface area contributed by atoms with Crippen LogP contribution in [0.3, 0.4) is 0 Å². The number of hydrogen-bond donors (Lipinski definition) is 1. The highest BCUT2D eigenvalue weighted by molar-refractivity contribution is 7.98. The zero-order valence-electron chi connectivity index (χ0n) is 13.6. The maximum absolute atomic E-state index is 12.1. The van der Waals surface area contributed by atoms with Crippen molar-refractivity contribution in [2.75, 3.05) is 25.1 Å². The molecule has 118 valence electrons. The van der Waals surface area contributed by atoms with E-state index in [-0.39, 0.29) is 6.09 Å². The maximum atomic E-state index is 12.1. The fourth-order valence-electron chi connectivity index (χ4n) is 2.39. The Morgan fingerprint density at radius 1 is 1.50 bits per heavy atom. The summed E-state index contributed by atoms with van der Waals surface area (Å²) in [4.78, 5) is 13.9. The molecule has 0 aliphatic carbocycles. The summed E-state index contributed by atoms with van der Waals surface area (Å²) in [6.07, 6.45) is 5.32. The topological polar surface area (TPSA) is 41.6 Å². The monoisotopic (exact) mass is 302 g/mol. The third kappa shape index (κ3) is 6.84. The molecule has 0 aromatic carbocycles. The van der Waals surface area contributed by atoms with Gasteiger partial charge in [0.25, 0.3) is 0 Å². The lowest BCUT2D eigenvalue weighted by atomic mass is 10.0. The van der Waals surface area contributed by atoms with Gasteiger partial charge < -0.3 is 15.0 Å². The lowest BCUT2D eigenvalue weighted by Gasteiger charge is -2.35. The number of rotatable bonds is 5. The molecular formula is C15H30N2O2S. The summed E-state index contributed by atoms with van der Waals surface area (Å²) in [5, 5.41) is 3.64. The molecule has 1 heterocycles. The molecule has 0 bridgehead atoms. The first-order chi connectivity index (χ1) is 9.31. The number of ether oxygens (including phenoxy) is 1. The van der Waals surface area contributed by atoms with E-state index >= 15 is 0 Å².